The highest BCUT2D eigenvalue weighted by atomic mass is 16.5. The topological polar surface area (TPSA) is 24.5 Å². The highest BCUT2D eigenvalue weighted by Crippen LogP contribution is 2.23. The summed E-state index contributed by atoms with van der Waals surface area (Å²) in [6.45, 7) is 6.95. The number of ether oxygens (including phenoxy) is 1. The van der Waals surface area contributed by atoms with Crippen molar-refractivity contribution >= 4 is 5.69 Å². The third kappa shape index (κ3) is 2.85. The van der Waals surface area contributed by atoms with Gasteiger partial charge in [-0.2, -0.15) is 0 Å². The molecule has 2 fully saturated rings. The number of benzene rings is 1. The standard InChI is InChI=1S/C15H22N2O/c1-12-10-13(11-16-14-3-4-14)2-5-15(12)17-6-8-18-9-7-17/h2,5,10,14,16H,3-4,6-9,11H2,1H3. The van der Waals surface area contributed by atoms with Crippen LogP contribution in [0.5, 0.6) is 0 Å². The molecule has 0 atom stereocenters. The van der Waals surface area contributed by atoms with Crippen LogP contribution in [0.15, 0.2) is 18.2 Å². The molecular weight excluding hydrogens is 224 g/mol. The number of nitrogens with zero attached hydrogens (tertiary/aromatic N) is 1. The molecule has 0 radical (unpaired) electrons. The zero-order chi connectivity index (χ0) is 12.4. The van der Waals surface area contributed by atoms with Gasteiger partial charge in [0.2, 0.25) is 0 Å². The molecule has 0 unspecified atom stereocenters. The van der Waals surface area contributed by atoms with Gasteiger partial charge < -0.3 is 15.0 Å². The van der Waals surface area contributed by atoms with Crippen LogP contribution in [0, 0.1) is 6.92 Å². The average molecular weight is 246 g/mol. The van der Waals surface area contributed by atoms with E-state index < -0.39 is 0 Å². The molecule has 3 heteroatoms. The highest BCUT2D eigenvalue weighted by Gasteiger charge is 2.20. The molecule has 0 spiro atoms. The minimum atomic E-state index is 0.782. The van der Waals surface area contributed by atoms with E-state index in [1.807, 2.05) is 0 Å². The van der Waals surface area contributed by atoms with Crippen molar-refractivity contribution in [3.63, 3.8) is 0 Å². The van der Waals surface area contributed by atoms with Gasteiger partial charge in [-0.25, -0.2) is 0 Å². The van der Waals surface area contributed by atoms with Crippen molar-refractivity contribution in [3.8, 4) is 0 Å². The van der Waals surface area contributed by atoms with Gasteiger partial charge in [0.15, 0.2) is 0 Å². The van der Waals surface area contributed by atoms with E-state index >= 15 is 0 Å². The molecule has 0 aromatic heterocycles. The average Bonchev–Trinajstić information content (AvgIpc) is 3.21. The van der Waals surface area contributed by atoms with Gasteiger partial charge in [0.25, 0.3) is 0 Å². The molecule has 1 saturated heterocycles. The molecular formula is C15H22N2O. The van der Waals surface area contributed by atoms with Crippen LogP contribution in [-0.4, -0.2) is 32.3 Å². The molecule has 1 heterocycles. The summed E-state index contributed by atoms with van der Waals surface area (Å²) in [5.74, 6) is 0. The number of anilines is 1. The summed E-state index contributed by atoms with van der Waals surface area (Å²) >= 11 is 0. The molecule has 1 saturated carbocycles. The van der Waals surface area contributed by atoms with Crippen LogP contribution >= 0.6 is 0 Å². The lowest BCUT2D eigenvalue weighted by molar-refractivity contribution is 0.122. The summed E-state index contributed by atoms with van der Waals surface area (Å²) in [6.07, 6.45) is 2.70. The number of aryl methyl sites for hydroxylation is 1. The van der Waals surface area contributed by atoms with E-state index in [9.17, 15) is 0 Å². The van der Waals surface area contributed by atoms with Crippen LogP contribution in [0.25, 0.3) is 0 Å². The van der Waals surface area contributed by atoms with Gasteiger partial charge in [-0.1, -0.05) is 12.1 Å². The second-order valence-corrected chi connectivity index (χ2v) is 5.38. The molecule has 1 N–H and O–H groups in total. The predicted octanol–water partition coefficient (Wildman–Crippen LogP) is 2.08. The first kappa shape index (κ1) is 12.0. The third-order valence-corrected chi connectivity index (χ3v) is 3.79. The first-order chi connectivity index (χ1) is 8.83. The van der Waals surface area contributed by atoms with Crippen LogP contribution in [0.3, 0.4) is 0 Å². The zero-order valence-electron chi connectivity index (χ0n) is 11.1. The molecule has 1 aromatic carbocycles. The van der Waals surface area contributed by atoms with E-state index in [1.165, 1.54) is 29.7 Å². The molecule has 2 aliphatic rings. The Kier molecular flexibility index (Phi) is 3.52. The Balaban J connectivity index is 1.66. The minimum absolute atomic E-state index is 0.782. The fourth-order valence-electron chi connectivity index (χ4n) is 2.54. The number of hydrogen-bond donors (Lipinski definition) is 1. The van der Waals surface area contributed by atoms with Gasteiger partial charge in [-0.3, -0.25) is 0 Å². The molecule has 3 rings (SSSR count). The molecule has 0 amide bonds. The van der Waals surface area contributed by atoms with Crippen LogP contribution in [0.2, 0.25) is 0 Å². The van der Waals surface area contributed by atoms with Crippen molar-refractivity contribution in [2.45, 2.75) is 32.4 Å². The van der Waals surface area contributed by atoms with E-state index in [0.717, 1.165) is 38.9 Å². The van der Waals surface area contributed by atoms with Crippen molar-refractivity contribution in [1.29, 1.82) is 0 Å². The van der Waals surface area contributed by atoms with Crippen molar-refractivity contribution < 1.29 is 4.74 Å². The van der Waals surface area contributed by atoms with E-state index in [4.69, 9.17) is 4.74 Å². The summed E-state index contributed by atoms with van der Waals surface area (Å²) in [5, 5.41) is 3.57. The Morgan fingerprint density at radius 2 is 2.06 bits per heavy atom. The van der Waals surface area contributed by atoms with Gasteiger partial charge in [0.05, 0.1) is 13.2 Å². The lowest BCUT2D eigenvalue weighted by atomic mass is 10.1. The summed E-state index contributed by atoms with van der Waals surface area (Å²) in [5.41, 5.74) is 4.15. The van der Waals surface area contributed by atoms with Crippen molar-refractivity contribution in [2.24, 2.45) is 0 Å². The fraction of sp³-hybridized carbons (Fsp3) is 0.600. The molecule has 1 aliphatic carbocycles. The maximum Gasteiger partial charge on any atom is 0.0642 e. The van der Waals surface area contributed by atoms with E-state index in [2.05, 4.69) is 35.3 Å². The lowest BCUT2D eigenvalue weighted by Crippen LogP contribution is -2.36. The van der Waals surface area contributed by atoms with Crippen molar-refractivity contribution in [2.75, 3.05) is 31.2 Å². The number of morpholine rings is 1. The molecule has 18 heavy (non-hydrogen) atoms. The fourth-order valence-corrected chi connectivity index (χ4v) is 2.54. The minimum Gasteiger partial charge on any atom is -0.378 e. The van der Waals surface area contributed by atoms with Gasteiger partial charge in [-0.05, 0) is 37.0 Å². The maximum absolute atomic E-state index is 5.40. The van der Waals surface area contributed by atoms with E-state index in [0.29, 0.717) is 0 Å². The largest absolute Gasteiger partial charge is 0.378 e. The van der Waals surface area contributed by atoms with E-state index in [1.54, 1.807) is 0 Å². The summed E-state index contributed by atoms with van der Waals surface area (Å²) in [7, 11) is 0. The van der Waals surface area contributed by atoms with Crippen LogP contribution in [-0.2, 0) is 11.3 Å². The van der Waals surface area contributed by atoms with Gasteiger partial charge in [0.1, 0.15) is 0 Å². The Morgan fingerprint density at radius 3 is 2.72 bits per heavy atom. The zero-order valence-corrected chi connectivity index (χ0v) is 11.1. The van der Waals surface area contributed by atoms with Crippen LogP contribution < -0.4 is 10.2 Å². The Morgan fingerprint density at radius 1 is 1.28 bits per heavy atom. The van der Waals surface area contributed by atoms with E-state index in [-0.39, 0.29) is 0 Å². The SMILES string of the molecule is Cc1cc(CNC2CC2)ccc1N1CCOCC1. The summed E-state index contributed by atoms with van der Waals surface area (Å²) < 4.78 is 5.40. The van der Waals surface area contributed by atoms with Gasteiger partial charge >= 0.3 is 0 Å². The smallest absolute Gasteiger partial charge is 0.0642 e. The molecule has 3 nitrogen and oxygen atoms in total. The van der Waals surface area contributed by atoms with Gasteiger partial charge in [-0.15, -0.1) is 0 Å². The Labute approximate surface area is 109 Å². The summed E-state index contributed by atoms with van der Waals surface area (Å²) in [6, 6.07) is 7.63. The molecule has 98 valence electrons. The molecule has 1 aliphatic heterocycles. The monoisotopic (exact) mass is 246 g/mol. The van der Waals surface area contributed by atoms with Gasteiger partial charge in [0, 0.05) is 31.4 Å². The maximum atomic E-state index is 5.40. The first-order valence-electron chi connectivity index (χ1n) is 6.98. The van der Waals surface area contributed by atoms with Crippen molar-refractivity contribution in [1.82, 2.24) is 5.32 Å². The normalized spacial score (nSPS) is 20.2. The van der Waals surface area contributed by atoms with Crippen molar-refractivity contribution in [3.05, 3.63) is 29.3 Å². The first-order valence-corrected chi connectivity index (χ1v) is 6.98. The number of nitrogens with one attached hydrogen (secondary N) is 1. The quantitative estimate of drug-likeness (QED) is 0.880. The number of rotatable bonds is 4. The summed E-state index contributed by atoms with van der Waals surface area (Å²) in [4.78, 5) is 2.43. The van der Waals surface area contributed by atoms with Crippen LogP contribution in [0.1, 0.15) is 24.0 Å². The Hall–Kier alpha value is -1.06. The molecule has 1 aromatic rings. The predicted molar refractivity (Wildman–Crippen MR) is 74.1 cm³/mol. The Bertz CT molecular complexity index is 409. The number of hydrogen-bond acceptors (Lipinski definition) is 3. The lowest BCUT2D eigenvalue weighted by Gasteiger charge is -2.30. The highest BCUT2D eigenvalue weighted by molar-refractivity contribution is 5.54. The second-order valence-electron chi connectivity index (χ2n) is 5.38. The second kappa shape index (κ2) is 5.29. The third-order valence-electron chi connectivity index (χ3n) is 3.79. The molecule has 0 bridgehead atoms. The van der Waals surface area contributed by atoms with Crippen LogP contribution in [0.4, 0.5) is 5.69 Å².